The summed E-state index contributed by atoms with van der Waals surface area (Å²) < 4.78 is 42.6. The van der Waals surface area contributed by atoms with E-state index >= 15 is 0 Å². The molecule has 1 amide bonds. The van der Waals surface area contributed by atoms with Gasteiger partial charge in [0.05, 0.1) is 27.0 Å². The topological polar surface area (TPSA) is 83.5 Å². The van der Waals surface area contributed by atoms with E-state index in [0.29, 0.717) is 39.1 Å². The summed E-state index contributed by atoms with van der Waals surface area (Å²) in [5.74, 6) is -1.15. The van der Waals surface area contributed by atoms with Crippen molar-refractivity contribution in [2.75, 3.05) is 18.0 Å². The summed E-state index contributed by atoms with van der Waals surface area (Å²) >= 11 is 8.18. The molecule has 1 unspecified atom stereocenters. The number of rotatable bonds is 6. The first kappa shape index (κ1) is 24.3. The van der Waals surface area contributed by atoms with E-state index in [4.69, 9.17) is 11.6 Å². The van der Waals surface area contributed by atoms with Gasteiger partial charge in [-0.2, -0.15) is 4.31 Å². The molecule has 35 heavy (non-hydrogen) atoms. The van der Waals surface area contributed by atoms with Gasteiger partial charge in [0.2, 0.25) is 5.91 Å². The molecule has 4 aromatic rings. The minimum atomic E-state index is -3.75. The fourth-order valence-electron chi connectivity index (χ4n) is 4.06. The molecule has 5 rings (SSSR count). The molecular formula is C23H20ClFN4O3S3. The van der Waals surface area contributed by atoms with Crippen molar-refractivity contribution in [2.45, 2.75) is 23.6 Å². The number of aromatic nitrogens is 2. The average Bonchev–Trinajstić information content (AvgIpc) is 3.49. The molecule has 0 spiro atoms. The van der Waals surface area contributed by atoms with Crippen molar-refractivity contribution in [3.05, 3.63) is 70.6 Å². The SMILES string of the molecule is O=C(C1CCCN(S(=O)(=O)c2ccc(Cl)s2)C1)N(Cc1cccnc1)c1nc2ccc(F)cc2s1. The third kappa shape index (κ3) is 5.10. The van der Waals surface area contributed by atoms with Crippen LogP contribution in [0.25, 0.3) is 10.2 Å². The predicted molar refractivity (Wildman–Crippen MR) is 136 cm³/mol. The van der Waals surface area contributed by atoms with Crippen molar-refractivity contribution in [3.63, 3.8) is 0 Å². The highest BCUT2D eigenvalue weighted by atomic mass is 35.5. The highest BCUT2D eigenvalue weighted by Gasteiger charge is 2.36. The fourth-order valence-corrected chi connectivity index (χ4v) is 8.22. The number of sulfonamides is 1. The molecule has 0 aliphatic carbocycles. The molecule has 0 N–H and O–H groups in total. The highest BCUT2D eigenvalue weighted by Crippen LogP contribution is 2.34. The van der Waals surface area contributed by atoms with Crippen LogP contribution in [-0.4, -0.2) is 41.7 Å². The Bertz CT molecular complexity index is 1480. The first-order chi connectivity index (χ1) is 16.8. The highest BCUT2D eigenvalue weighted by molar-refractivity contribution is 7.91. The second-order valence-electron chi connectivity index (χ2n) is 8.15. The van der Waals surface area contributed by atoms with Crippen LogP contribution in [0.2, 0.25) is 4.34 Å². The van der Waals surface area contributed by atoms with E-state index in [-0.39, 0.29) is 29.0 Å². The Balaban J connectivity index is 1.45. The van der Waals surface area contributed by atoms with Gasteiger partial charge < -0.3 is 0 Å². The number of hydrogen-bond acceptors (Lipinski definition) is 7. The zero-order valence-electron chi connectivity index (χ0n) is 18.3. The zero-order valence-corrected chi connectivity index (χ0v) is 21.5. The first-order valence-corrected chi connectivity index (χ1v) is 14.3. The average molecular weight is 551 g/mol. The van der Waals surface area contributed by atoms with E-state index in [1.165, 1.54) is 33.8 Å². The van der Waals surface area contributed by atoms with Crippen LogP contribution in [0, 0.1) is 11.7 Å². The van der Waals surface area contributed by atoms with Crippen molar-refractivity contribution in [1.82, 2.24) is 14.3 Å². The van der Waals surface area contributed by atoms with Crippen molar-refractivity contribution < 1.29 is 17.6 Å². The standard InChI is InChI=1S/C23H20ClFN4O3S3/c24-20-7-8-21(34-20)35(31,32)28-10-2-4-16(14-28)22(30)29(13-15-3-1-9-26-12-15)23-27-18-6-5-17(25)11-19(18)33-23/h1,3,5-9,11-12,16H,2,4,10,13-14H2. The molecule has 1 aliphatic heterocycles. The quantitative estimate of drug-likeness (QED) is 0.330. The van der Waals surface area contributed by atoms with E-state index < -0.39 is 15.9 Å². The van der Waals surface area contributed by atoms with Crippen molar-refractivity contribution in [2.24, 2.45) is 5.92 Å². The summed E-state index contributed by atoms with van der Waals surface area (Å²) in [6.45, 7) is 0.628. The summed E-state index contributed by atoms with van der Waals surface area (Å²) in [7, 11) is -3.75. The van der Waals surface area contributed by atoms with Crippen LogP contribution in [0.3, 0.4) is 0 Å². The predicted octanol–water partition coefficient (Wildman–Crippen LogP) is 5.18. The number of piperidine rings is 1. The van der Waals surface area contributed by atoms with Crippen LogP contribution >= 0.6 is 34.3 Å². The number of carbonyl (C=O) groups is 1. The third-order valence-electron chi connectivity index (χ3n) is 5.78. The van der Waals surface area contributed by atoms with Crippen LogP contribution in [0.1, 0.15) is 18.4 Å². The lowest BCUT2D eigenvalue weighted by Crippen LogP contribution is -2.46. The number of carbonyl (C=O) groups excluding carboxylic acids is 1. The molecule has 1 aliphatic rings. The van der Waals surface area contributed by atoms with Gasteiger partial charge in [0, 0.05) is 25.5 Å². The van der Waals surface area contributed by atoms with Crippen molar-refractivity contribution in [3.8, 4) is 0 Å². The summed E-state index contributed by atoms with van der Waals surface area (Å²) in [5, 5.41) is 0.435. The molecule has 4 heterocycles. The van der Waals surface area contributed by atoms with Crippen LogP contribution in [0.4, 0.5) is 9.52 Å². The minimum Gasteiger partial charge on any atom is -0.283 e. The number of thiophene rings is 1. The Morgan fingerprint density at radius 3 is 2.83 bits per heavy atom. The van der Waals surface area contributed by atoms with E-state index in [2.05, 4.69) is 9.97 Å². The van der Waals surface area contributed by atoms with E-state index in [1.54, 1.807) is 35.5 Å². The molecule has 0 bridgehead atoms. The molecule has 1 atom stereocenters. The van der Waals surface area contributed by atoms with Crippen LogP contribution in [-0.2, 0) is 21.4 Å². The van der Waals surface area contributed by atoms with Crippen LogP contribution in [0.5, 0.6) is 0 Å². The largest absolute Gasteiger partial charge is 0.283 e. The normalized spacial score (nSPS) is 17.0. The lowest BCUT2D eigenvalue weighted by Gasteiger charge is -2.33. The molecule has 182 valence electrons. The maximum Gasteiger partial charge on any atom is 0.252 e. The number of benzene rings is 1. The maximum absolute atomic E-state index is 13.8. The van der Waals surface area contributed by atoms with Crippen molar-refractivity contribution >= 4 is 65.6 Å². The molecule has 3 aromatic heterocycles. The molecule has 0 radical (unpaired) electrons. The summed E-state index contributed by atoms with van der Waals surface area (Å²) in [6.07, 6.45) is 4.43. The zero-order chi connectivity index (χ0) is 24.6. The lowest BCUT2D eigenvalue weighted by molar-refractivity contribution is -0.123. The van der Waals surface area contributed by atoms with Gasteiger partial charge >= 0.3 is 0 Å². The molecule has 0 saturated carbocycles. The number of hydrogen-bond donors (Lipinski definition) is 0. The Labute approximate surface area is 214 Å². The second kappa shape index (κ2) is 9.90. The number of halogens is 2. The van der Waals surface area contributed by atoms with Gasteiger partial charge in [0.25, 0.3) is 10.0 Å². The minimum absolute atomic E-state index is 0.0692. The summed E-state index contributed by atoms with van der Waals surface area (Å²) in [6, 6.07) is 11.0. The summed E-state index contributed by atoms with van der Waals surface area (Å²) in [4.78, 5) is 24.1. The van der Waals surface area contributed by atoms with Gasteiger partial charge in [-0.1, -0.05) is 29.0 Å². The van der Waals surface area contributed by atoms with E-state index in [0.717, 1.165) is 16.9 Å². The Hall–Kier alpha value is -2.44. The number of pyridine rings is 1. The van der Waals surface area contributed by atoms with E-state index in [9.17, 15) is 17.6 Å². The number of thiazole rings is 1. The van der Waals surface area contributed by atoms with Gasteiger partial charge in [0.1, 0.15) is 10.0 Å². The molecule has 1 fully saturated rings. The second-order valence-corrected chi connectivity index (χ2v) is 13.0. The Kier molecular flexibility index (Phi) is 6.86. The molecule has 7 nitrogen and oxygen atoms in total. The molecule has 1 saturated heterocycles. The van der Waals surface area contributed by atoms with Gasteiger partial charge in [-0.15, -0.1) is 11.3 Å². The smallest absolute Gasteiger partial charge is 0.252 e. The van der Waals surface area contributed by atoms with Gasteiger partial charge in [-0.05, 0) is 54.8 Å². The van der Waals surface area contributed by atoms with Crippen LogP contribution in [0.15, 0.2) is 59.1 Å². The maximum atomic E-state index is 13.8. The molecular weight excluding hydrogens is 531 g/mol. The van der Waals surface area contributed by atoms with Gasteiger partial charge in [-0.25, -0.2) is 17.8 Å². The number of anilines is 1. The Morgan fingerprint density at radius 2 is 2.09 bits per heavy atom. The number of nitrogens with zero attached hydrogens (tertiary/aromatic N) is 4. The number of fused-ring (bicyclic) bond motifs is 1. The number of amides is 1. The fraction of sp³-hybridized carbons (Fsp3) is 0.261. The first-order valence-electron chi connectivity index (χ1n) is 10.8. The van der Waals surface area contributed by atoms with E-state index in [1.807, 2.05) is 6.07 Å². The third-order valence-corrected chi connectivity index (χ3v) is 10.4. The molecule has 12 heteroatoms. The van der Waals surface area contributed by atoms with Gasteiger partial charge in [-0.3, -0.25) is 14.7 Å². The summed E-state index contributed by atoms with van der Waals surface area (Å²) in [5.41, 5.74) is 1.40. The lowest BCUT2D eigenvalue weighted by atomic mass is 9.98. The molecule has 1 aromatic carbocycles. The Morgan fingerprint density at radius 1 is 1.23 bits per heavy atom. The monoisotopic (exact) mass is 550 g/mol. The van der Waals surface area contributed by atoms with Crippen molar-refractivity contribution in [1.29, 1.82) is 0 Å². The van der Waals surface area contributed by atoms with Gasteiger partial charge in [0.15, 0.2) is 5.13 Å². The van der Waals surface area contributed by atoms with Crippen LogP contribution < -0.4 is 4.90 Å².